The average molecular weight is 221 g/mol. The lowest BCUT2D eigenvalue weighted by Gasteiger charge is -2.28. The number of nitrogens with zero attached hydrogens (tertiary/aromatic N) is 3. The fourth-order valence-corrected chi connectivity index (χ4v) is 2.32. The summed E-state index contributed by atoms with van der Waals surface area (Å²) in [5, 5.41) is 4.37. The highest BCUT2D eigenvalue weighted by Gasteiger charge is 2.18. The second-order valence-electron chi connectivity index (χ2n) is 4.75. The van der Waals surface area contributed by atoms with E-state index in [1.807, 2.05) is 13.1 Å². The van der Waals surface area contributed by atoms with Crippen molar-refractivity contribution in [3.63, 3.8) is 0 Å². The lowest BCUT2D eigenvalue weighted by Crippen LogP contribution is -2.31. The van der Waals surface area contributed by atoms with E-state index < -0.39 is 0 Å². The van der Waals surface area contributed by atoms with Crippen molar-refractivity contribution in [2.24, 2.45) is 13.0 Å². The molecule has 16 heavy (non-hydrogen) atoms. The molecule has 1 aliphatic rings. The molecule has 1 saturated heterocycles. The minimum absolute atomic E-state index is 0.669. The zero-order valence-corrected chi connectivity index (χ0v) is 10.0. The highest BCUT2D eigenvalue weighted by Crippen LogP contribution is 2.20. The molecule has 1 aliphatic heterocycles. The zero-order chi connectivity index (χ0) is 11.5. The van der Waals surface area contributed by atoms with Gasteiger partial charge in [0.05, 0.1) is 5.69 Å². The van der Waals surface area contributed by atoms with Crippen LogP contribution < -0.4 is 0 Å². The number of aldehydes is 1. The summed E-state index contributed by atoms with van der Waals surface area (Å²) in [5.41, 5.74) is 1.72. The largest absolute Gasteiger partial charge is 0.306 e. The summed E-state index contributed by atoms with van der Waals surface area (Å²) in [5.74, 6) is 0.727. The van der Waals surface area contributed by atoms with Crippen molar-refractivity contribution in [2.75, 3.05) is 20.1 Å². The maximum atomic E-state index is 10.7. The van der Waals surface area contributed by atoms with Gasteiger partial charge in [0.15, 0.2) is 6.29 Å². The maximum absolute atomic E-state index is 10.7. The third kappa shape index (κ3) is 2.50. The van der Waals surface area contributed by atoms with Crippen LogP contribution in [0.1, 0.15) is 29.0 Å². The van der Waals surface area contributed by atoms with Crippen LogP contribution in [0.5, 0.6) is 0 Å². The van der Waals surface area contributed by atoms with E-state index in [4.69, 9.17) is 0 Å². The van der Waals surface area contributed by atoms with Crippen LogP contribution in [-0.4, -0.2) is 41.1 Å². The summed E-state index contributed by atoms with van der Waals surface area (Å²) in [7, 11) is 3.99. The Balaban J connectivity index is 1.95. The fourth-order valence-electron chi connectivity index (χ4n) is 2.32. The van der Waals surface area contributed by atoms with Crippen molar-refractivity contribution in [2.45, 2.75) is 19.3 Å². The molecular weight excluding hydrogens is 202 g/mol. The van der Waals surface area contributed by atoms with Gasteiger partial charge in [0, 0.05) is 7.05 Å². The number of aromatic nitrogens is 2. The van der Waals surface area contributed by atoms with E-state index in [-0.39, 0.29) is 0 Å². The van der Waals surface area contributed by atoms with Crippen LogP contribution in [0.4, 0.5) is 0 Å². The lowest BCUT2D eigenvalue weighted by atomic mass is 9.92. The minimum atomic E-state index is 0.669. The number of hydrogen-bond acceptors (Lipinski definition) is 3. The Labute approximate surface area is 96.2 Å². The topological polar surface area (TPSA) is 38.1 Å². The lowest BCUT2D eigenvalue weighted by molar-refractivity contribution is 0.111. The van der Waals surface area contributed by atoms with Gasteiger partial charge in [-0.2, -0.15) is 5.10 Å². The van der Waals surface area contributed by atoms with Crippen molar-refractivity contribution >= 4 is 6.29 Å². The van der Waals surface area contributed by atoms with Gasteiger partial charge in [-0.05, 0) is 51.4 Å². The molecule has 2 rings (SSSR count). The Morgan fingerprint density at radius 1 is 1.44 bits per heavy atom. The molecule has 0 spiro atoms. The first kappa shape index (κ1) is 11.3. The van der Waals surface area contributed by atoms with Crippen LogP contribution in [0, 0.1) is 5.92 Å². The summed E-state index contributed by atoms with van der Waals surface area (Å²) in [4.78, 5) is 13.1. The smallest absolute Gasteiger partial charge is 0.168 e. The Bertz CT molecular complexity index is 364. The Morgan fingerprint density at radius 2 is 2.12 bits per heavy atom. The van der Waals surface area contributed by atoms with Gasteiger partial charge in [-0.25, -0.2) is 0 Å². The SMILES string of the molecule is CN1CCC(Cc2cc(C=O)n(C)n2)CC1. The van der Waals surface area contributed by atoms with Crippen LogP contribution >= 0.6 is 0 Å². The number of carbonyl (C=O) groups excluding carboxylic acids is 1. The van der Waals surface area contributed by atoms with E-state index in [0.717, 1.165) is 24.3 Å². The molecule has 0 aromatic carbocycles. The first-order chi connectivity index (χ1) is 7.69. The number of likely N-dealkylation sites (tertiary alicyclic amines) is 1. The molecule has 0 unspecified atom stereocenters. The summed E-state index contributed by atoms with van der Waals surface area (Å²) in [6.45, 7) is 2.36. The summed E-state index contributed by atoms with van der Waals surface area (Å²) in [6.07, 6.45) is 4.35. The number of aryl methyl sites for hydroxylation is 1. The van der Waals surface area contributed by atoms with Crippen LogP contribution in [0.25, 0.3) is 0 Å². The molecule has 0 saturated carbocycles. The van der Waals surface area contributed by atoms with E-state index in [9.17, 15) is 4.79 Å². The molecule has 0 N–H and O–H groups in total. The van der Waals surface area contributed by atoms with E-state index in [2.05, 4.69) is 17.0 Å². The van der Waals surface area contributed by atoms with Crippen molar-refractivity contribution in [1.29, 1.82) is 0 Å². The van der Waals surface area contributed by atoms with Gasteiger partial charge in [-0.1, -0.05) is 0 Å². The van der Waals surface area contributed by atoms with Crippen LogP contribution in [0.3, 0.4) is 0 Å². The predicted octanol–water partition coefficient (Wildman–Crippen LogP) is 1.12. The molecule has 1 fully saturated rings. The molecule has 2 heterocycles. The molecule has 1 aromatic heterocycles. The molecule has 0 radical (unpaired) electrons. The standard InChI is InChI=1S/C12H19N3O/c1-14-5-3-10(4-6-14)7-11-8-12(9-16)15(2)13-11/h8-10H,3-7H2,1-2H3. The third-order valence-corrected chi connectivity index (χ3v) is 3.42. The quantitative estimate of drug-likeness (QED) is 0.718. The summed E-state index contributed by atoms with van der Waals surface area (Å²) >= 11 is 0. The van der Waals surface area contributed by atoms with Crippen molar-refractivity contribution in [3.05, 3.63) is 17.5 Å². The molecule has 0 aliphatic carbocycles. The Kier molecular flexibility index (Phi) is 3.39. The second-order valence-corrected chi connectivity index (χ2v) is 4.75. The van der Waals surface area contributed by atoms with E-state index in [1.54, 1.807) is 4.68 Å². The number of rotatable bonds is 3. The molecule has 0 bridgehead atoms. The van der Waals surface area contributed by atoms with Gasteiger partial charge in [0.25, 0.3) is 0 Å². The summed E-state index contributed by atoms with van der Waals surface area (Å²) < 4.78 is 1.66. The van der Waals surface area contributed by atoms with Gasteiger partial charge in [-0.15, -0.1) is 0 Å². The van der Waals surface area contributed by atoms with Crippen LogP contribution in [0.2, 0.25) is 0 Å². The highest BCUT2D eigenvalue weighted by atomic mass is 16.1. The normalized spacial score (nSPS) is 18.9. The number of piperidine rings is 1. The Hall–Kier alpha value is -1.16. The molecule has 4 nitrogen and oxygen atoms in total. The molecular formula is C12H19N3O. The predicted molar refractivity (Wildman–Crippen MR) is 62.5 cm³/mol. The fraction of sp³-hybridized carbons (Fsp3) is 0.667. The highest BCUT2D eigenvalue weighted by molar-refractivity contribution is 5.72. The monoisotopic (exact) mass is 221 g/mol. The zero-order valence-electron chi connectivity index (χ0n) is 10.0. The van der Waals surface area contributed by atoms with E-state index >= 15 is 0 Å². The van der Waals surface area contributed by atoms with Crippen molar-refractivity contribution < 1.29 is 4.79 Å². The molecule has 0 amide bonds. The van der Waals surface area contributed by atoms with Gasteiger partial charge < -0.3 is 4.90 Å². The summed E-state index contributed by atoms with van der Waals surface area (Å²) in [6, 6.07) is 1.91. The molecule has 0 atom stereocenters. The van der Waals surface area contributed by atoms with E-state index in [0.29, 0.717) is 5.69 Å². The van der Waals surface area contributed by atoms with Crippen LogP contribution in [-0.2, 0) is 13.5 Å². The van der Waals surface area contributed by atoms with Gasteiger partial charge in [0.1, 0.15) is 5.69 Å². The second kappa shape index (κ2) is 4.78. The average Bonchev–Trinajstić information content (AvgIpc) is 2.62. The van der Waals surface area contributed by atoms with Gasteiger partial charge in [-0.3, -0.25) is 9.48 Å². The first-order valence-corrected chi connectivity index (χ1v) is 5.85. The Morgan fingerprint density at radius 3 is 2.69 bits per heavy atom. The number of hydrogen-bond donors (Lipinski definition) is 0. The number of carbonyl (C=O) groups is 1. The maximum Gasteiger partial charge on any atom is 0.168 e. The molecule has 1 aromatic rings. The minimum Gasteiger partial charge on any atom is -0.306 e. The first-order valence-electron chi connectivity index (χ1n) is 5.85. The van der Waals surface area contributed by atoms with Gasteiger partial charge in [0.2, 0.25) is 0 Å². The molecule has 4 heteroatoms. The van der Waals surface area contributed by atoms with Gasteiger partial charge >= 0.3 is 0 Å². The third-order valence-electron chi connectivity index (χ3n) is 3.42. The van der Waals surface area contributed by atoms with E-state index in [1.165, 1.54) is 25.9 Å². The van der Waals surface area contributed by atoms with Crippen molar-refractivity contribution in [1.82, 2.24) is 14.7 Å². The van der Waals surface area contributed by atoms with Crippen molar-refractivity contribution in [3.8, 4) is 0 Å². The molecule has 88 valence electrons. The van der Waals surface area contributed by atoms with Crippen LogP contribution in [0.15, 0.2) is 6.07 Å².